The quantitative estimate of drug-likeness (QED) is 0.794. The van der Waals surface area contributed by atoms with Gasteiger partial charge >= 0.3 is 0 Å². The minimum absolute atomic E-state index is 0. The second kappa shape index (κ2) is 6.60. The molecule has 4 fully saturated rings. The Morgan fingerprint density at radius 2 is 2.08 bits per heavy atom. The van der Waals surface area contributed by atoms with Crippen LogP contribution in [-0.2, 0) is 4.84 Å². The third-order valence-electron chi connectivity index (χ3n) is 5.66. The lowest BCUT2D eigenvalue weighted by Gasteiger charge is -2.49. The number of nitrogens with zero attached hydrogens (tertiary/aromatic N) is 3. The zero-order chi connectivity index (χ0) is 17.0. The number of benzene rings is 1. The van der Waals surface area contributed by atoms with Crippen molar-refractivity contribution in [3.8, 4) is 0 Å². The molecule has 0 aliphatic carbocycles. The molecular formula is C18H19Cl2FN4O. The van der Waals surface area contributed by atoms with Crippen LogP contribution in [0.1, 0.15) is 19.3 Å². The van der Waals surface area contributed by atoms with E-state index in [-0.39, 0.29) is 23.0 Å². The molecule has 4 aliphatic rings. The second-order valence-electron chi connectivity index (χ2n) is 7.21. The molecule has 0 saturated carbocycles. The summed E-state index contributed by atoms with van der Waals surface area (Å²) in [6.45, 7) is 3.31. The molecular weight excluding hydrogens is 378 g/mol. The predicted molar refractivity (Wildman–Crippen MR) is 102 cm³/mol. The van der Waals surface area contributed by atoms with E-state index in [1.165, 1.54) is 32.0 Å². The lowest BCUT2D eigenvalue weighted by Crippen LogP contribution is -2.59. The molecule has 5 nitrogen and oxygen atoms in total. The standard InChI is InChI=1S/C18H18ClFN4O.ClH/c19-14-5-11-7-16(21-9-12(11)6-15(14)20)22-17-8-18(25-23-17)10-24-3-1-13(18)2-4-24;/h5-7,9,13H,1-4,8,10H2,(H,21,22,23);1H/t18-;/m0./s1. The SMILES string of the molecule is Cl.Fc1cc2cnc(/N=C3/C[C@@]4(CN5CCC4CC5)ON3)cc2cc1Cl. The summed E-state index contributed by atoms with van der Waals surface area (Å²) < 4.78 is 13.5. The number of aromatic nitrogens is 1. The summed E-state index contributed by atoms with van der Waals surface area (Å²) in [6, 6.07) is 4.81. The van der Waals surface area contributed by atoms with Crippen LogP contribution >= 0.6 is 24.0 Å². The molecule has 1 aromatic carbocycles. The third-order valence-corrected chi connectivity index (χ3v) is 5.95. The first-order valence-electron chi connectivity index (χ1n) is 8.60. The van der Waals surface area contributed by atoms with Crippen LogP contribution in [0, 0.1) is 11.7 Å². The van der Waals surface area contributed by atoms with Crippen molar-refractivity contribution < 1.29 is 9.23 Å². The van der Waals surface area contributed by atoms with Crippen molar-refractivity contribution in [2.75, 3.05) is 19.6 Å². The van der Waals surface area contributed by atoms with Crippen LogP contribution in [0.4, 0.5) is 10.2 Å². The Morgan fingerprint density at radius 1 is 1.27 bits per heavy atom. The van der Waals surface area contributed by atoms with E-state index in [9.17, 15) is 4.39 Å². The van der Waals surface area contributed by atoms with Gasteiger partial charge in [0.2, 0.25) is 0 Å². The molecule has 4 aliphatic heterocycles. The van der Waals surface area contributed by atoms with Gasteiger partial charge in [-0.15, -0.1) is 12.4 Å². The van der Waals surface area contributed by atoms with Crippen LogP contribution in [0.15, 0.2) is 29.4 Å². The van der Waals surface area contributed by atoms with Gasteiger partial charge in [-0.05, 0) is 55.4 Å². The number of fused-ring (bicyclic) bond motifs is 3. The van der Waals surface area contributed by atoms with Gasteiger partial charge in [-0.25, -0.2) is 14.4 Å². The van der Waals surface area contributed by atoms with Gasteiger partial charge in [0.05, 0.1) is 5.02 Å². The third kappa shape index (κ3) is 2.95. The van der Waals surface area contributed by atoms with Crippen molar-refractivity contribution >= 4 is 46.4 Å². The first-order valence-corrected chi connectivity index (χ1v) is 8.98. The van der Waals surface area contributed by atoms with E-state index >= 15 is 0 Å². The number of piperidine rings is 3. The number of hydroxylamine groups is 1. The highest BCUT2D eigenvalue weighted by molar-refractivity contribution is 6.31. The Kier molecular flexibility index (Phi) is 4.55. The molecule has 1 atom stereocenters. The van der Waals surface area contributed by atoms with Gasteiger partial charge in [-0.2, -0.15) is 0 Å². The number of aliphatic imine (C=N–C) groups is 1. The highest BCUT2D eigenvalue weighted by Crippen LogP contribution is 2.42. The Morgan fingerprint density at radius 3 is 2.81 bits per heavy atom. The summed E-state index contributed by atoms with van der Waals surface area (Å²) in [5.41, 5.74) is 2.86. The van der Waals surface area contributed by atoms with Crippen molar-refractivity contribution in [2.24, 2.45) is 10.9 Å². The Bertz CT molecular complexity index is 885. The Hall–Kier alpha value is -1.47. The maximum Gasteiger partial charge on any atom is 0.154 e. The molecule has 0 radical (unpaired) electrons. The minimum Gasteiger partial charge on any atom is -0.300 e. The highest BCUT2D eigenvalue weighted by Gasteiger charge is 2.52. The molecule has 5 heterocycles. The normalized spacial score (nSPS) is 31.4. The molecule has 138 valence electrons. The number of hydrogen-bond acceptors (Lipinski definition) is 4. The summed E-state index contributed by atoms with van der Waals surface area (Å²) in [6.07, 6.45) is 4.77. The zero-order valence-electron chi connectivity index (χ0n) is 14.0. The van der Waals surface area contributed by atoms with E-state index in [2.05, 4.69) is 20.4 Å². The van der Waals surface area contributed by atoms with E-state index in [4.69, 9.17) is 16.4 Å². The molecule has 1 N–H and O–H groups in total. The van der Waals surface area contributed by atoms with Gasteiger partial charge in [0, 0.05) is 24.5 Å². The zero-order valence-corrected chi connectivity index (χ0v) is 15.6. The summed E-state index contributed by atoms with van der Waals surface area (Å²) in [5, 5.41) is 1.62. The van der Waals surface area contributed by atoms with Gasteiger partial charge in [0.25, 0.3) is 0 Å². The molecule has 0 amide bonds. The van der Waals surface area contributed by atoms with Crippen LogP contribution < -0.4 is 5.48 Å². The van der Waals surface area contributed by atoms with Crippen molar-refractivity contribution in [1.29, 1.82) is 0 Å². The van der Waals surface area contributed by atoms with Crippen LogP contribution in [0.25, 0.3) is 10.8 Å². The summed E-state index contributed by atoms with van der Waals surface area (Å²) in [5.74, 6) is 1.52. The van der Waals surface area contributed by atoms with E-state index in [1.807, 2.05) is 6.07 Å². The Balaban J connectivity index is 0.00000168. The van der Waals surface area contributed by atoms with Gasteiger partial charge in [-0.3, -0.25) is 10.3 Å². The first kappa shape index (κ1) is 17.9. The molecule has 0 unspecified atom stereocenters. The van der Waals surface area contributed by atoms with Gasteiger partial charge in [0.15, 0.2) is 5.82 Å². The minimum atomic E-state index is -0.440. The van der Waals surface area contributed by atoms with Crippen LogP contribution in [0.3, 0.4) is 0 Å². The van der Waals surface area contributed by atoms with Crippen LogP contribution in [0.2, 0.25) is 5.02 Å². The number of rotatable bonds is 1. The van der Waals surface area contributed by atoms with Gasteiger partial charge < -0.3 is 4.90 Å². The number of hydrogen-bond donors (Lipinski definition) is 1. The number of nitrogens with one attached hydrogen (secondary N) is 1. The van der Waals surface area contributed by atoms with Crippen molar-refractivity contribution in [2.45, 2.75) is 24.9 Å². The maximum absolute atomic E-state index is 13.5. The molecule has 2 bridgehead atoms. The van der Waals surface area contributed by atoms with E-state index in [0.717, 1.165) is 24.2 Å². The molecule has 2 aromatic rings. The fraction of sp³-hybridized carbons (Fsp3) is 0.444. The van der Waals surface area contributed by atoms with Gasteiger partial charge in [-0.1, -0.05) is 11.6 Å². The Labute approximate surface area is 161 Å². The lowest BCUT2D eigenvalue weighted by molar-refractivity contribution is -0.150. The average Bonchev–Trinajstić information content (AvgIpc) is 2.99. The molecule has 1 spiro atoms. The van der Waals surface area contributed by atoms with E-state index in [1.54, 1.807) is 12.3 Å². The first-order chi connectivity index (χ1) is 12.1. The predicted octanol–water partition coefficient (Wildman–Crippen LogP) is 3.87. The molecule has 1 aromatic heterocycles. The second-order valence-corrected chi connectivity index (χ2v) is 7.62. The van der Waals surface area contributed by atoms with E-state index in [0.29, 0.717) is 17.1 Å². The largest absolute Gasteiger partial charge is 0.300 e. The average molecular weight is 397 g/mol. The molecule has 8 heteroatoms. The highest BCUT2D eigenvalue weighted by atomic mass is 35.5. The summed E-state index contributed by atoms with van der Waals surface area (Å²) >= 11 is 5.88. The van der Waals surface area contributed by atoms with Crippen molar-refractivity contribution in [3.05, 3.63) is 35.2 Å². The lowest BCUT2D eigenvalue weighted by atomic mass is 9.74. The topological polar surface area (TPSA) is 49.8 Å². The number of halogens is 3. The molecule has 4 saturated heterocycles. The number of pyridine rings is 1. The maximum atomic E-state index is 13.5. The van der Waals surface area contributed by atoms with Crippen LogP contribution in [0.5, 0.6) is 0 Å². The summed E-state index contributed by atoms with van der Waals surface area (Å²) in [4.78, 5) is 17.4. The van der Waals surface area contributed by atoms with Crippen molar-refractivity contribution in [1.82, 2.24) is 15.4 Å². The number of amidine groups is 1. The van der Waals surface area contributed by atoms with E-state index < -0.39 is 5.82 Å². The monoisotopic (exact) mass is 396 g/mol. The molecule has 26 heavy (non-hydrogen) atoms. The van der Waals surface area contributed by atoms with Gasteiger partial charge in [0.1, 0.15) is 17.3 Å². The fourth-order valence-electron chi connectivity index (χ4n) is 4.34. The smallest absolute Gasteiger partial charge is 0.154 e. The fourth-order valence-corrected chi connectivity index (χ4v) is 4.52. The van der Waals surface area contributed by atoms with Crippen molar-refractivity contribution in [3.63, 3.8) is 0 Å². The van der Waals surface area contributed by atoms with Crippen LogP contribution in [-0.4, -0.2) is 41.0 Å². The summed E-state index contributed by atoms with van der Waals surface area (Å²) in [7, 11) is 0. The molecule has 6 rings (SSSR count).